The van der Waals surface area contributed by atoms with Crippen molar-refractivity contribution in [2.75, 3.05) is 26.2 Å². The number of carbonyl (C=O) groups excluding carboxylic acids is 2. The van der Waals surface area contributed by atoms with E-state index in [4.69, 9.17) is 5.73 Å². The zero-order valence-corrected chi connectivity index (χ0v) is 9.40. The van der Waals surface area contributed by atoms with Crippen molar-refractivity contribution in [3.05, 3.63) is 0 Å². The van der Waals surface area contributed by atoms with Crippen molar-refractivity contribution in [2.24, 2.45) is 5.73 Å². The predicted molar refractivity (Wildman–Crippen MR) is 57.1 cm³/mol. The standard InChI is InChI=1S/C10H19N3O2/c1-8(2)13-7-9(14)12(5-3-4-11)6-10(13)15/h8H,3-7,11H2,1-2H3. The Bertz CT molecular complexity index is 253. The summed E-state index contributed by atoms with van der Waals surface area (Å²) in [6.07, 6.45) is 0.751. The van der Waals surface area contributed by atoms with Crippen LogP contribution in [0.4, 0.5) is 0 Å². The van der Waals surface area contributed by atoms with E-state index in [-0.39, 0.29) is 30.9 Å². The van der Waals surface area contributed by atoms with Crippen molar-refractivity contribution in [3.8, 4) is 0 Å². The van der Waals surface area contributed by atoms with Gasteiger partial charge in [0, 0.05) is 12.6 Å². The summed E-state index contributed by atoms with van der Waals surface area (Å²) in [6.45, 7) is 5.39. The van der Waals surface area contributed by atoms with Gasteiger partial charge in [-0.25, -0.2) is 0 Å². The maximum Gasteiger partial charge on any atom is 0.242 e. The van der Waals surface area contributed by atoms with E-state index < -0.39 is 0 Å². The third kappa shape index (κ3) is 2.92. The summed E-state index contributed by atoms with van der Waals surface area (Å²) in [5.41, 5.74) is 5.37. The summed E-state index contributed by atoms with van der Waals surface area (Å²) in [5, 5.41) is 0. The smallest absolute Gasteiger partial charge is 0.242 e. The molecule has 2 amide bonds. The van der Waals surface area contributed by atoms with Gasteiger partial charge in [0.05, 0.1) is 6.54 Å². The van der Waals surface area contributed by atoms with Crippen molar-refractivity contribution in [3.63, 3.8) is 0 Å². The first kappa shape index (κ1) is 12.0. The van der Waals surface area contributed by atoms with Crippen LogP contribution in [0.1, 0.15) is 20.3 Å². The fourth-order valence-electron chi connectivity index (χ4n) is 1.63. The number of rotatable bonds is 4. The van der Waals surface area contributed by atoms with Gasteiger partial charge in [0.1, 0.15) is 6.54 Å². The SMILES string of the molecule is CC(C)N1CC(=O)N(CCCN)CC1=O. The summed E-state index contributed by atoms with van der Waals surface area (Å²) in [7, 11) is 0. The van der Waals surface area contributed by atoms with Crippen LogP contribution in [0.15, 0.2) is 0 Å². The highest BCUT2D eigenvalue weighted by Gasteiger charge is 2.30. The number of amides is 2. The second-order valence-corrected chi connectivity index (χ2v) is 4.07. The minimum absolute atomic E-state index is 0.0248. The Morgan fingerprint density at radius 3 is 2.47 bits per heavy atom. The number of carbonyl (C=O) groups is 2. The van der Waals surface area contributed by atoms with Gasteiger partial charge in [0.15, 0.2) is 0 Å². The van der Waals surface area contributed by atoms with E-state index in [1.807, 2.05) is 13.8 Å². The zero-order valence-electron chi connectivity index (χ0n) is 9.40. The molecule has 1 saturated heterocycles. The second kappa shape index (κ2) is 5.11. The quantitative estimate of drug-likeness (QED) is 0.679. The minimum atomic E-state index is 0.0248. The Labute approximate surface area is 90.2 Å². The monoisotopic (exact) mass is 213 g/mol. The first-order chi connectivity index (χ1) is 7.06. The van der Waals surface area contributed by atoms with Crippen LogP contribution < -0.4 is 5.73 Å². The maximum atomic E-state index is 11.7. The Morgan fingerprint density at radius 2 is 1.93 bits per heavy atom. The van der Waals surface area contributed by atoms with E-state index in [2.05, 4.69) is 0 Å². The molecule has 5 heteroatoms. The van der Waals surface area contributed by atoms with Crippen LogP contribution >= 0.6 is 0 Å². The molecule has 2 N–H and O–H groups in total. The fourth-order valence-corrected chi connectivity index (χ4v) is 1.63. The van der Waals surface area contributed by atoms with Crippen molar-refractivity contribution in [1.82, 2.24) is 9.80 Å². The van der Waals surface area contributed by atoms with Crippen molar-refractivity contribution < 1.29 is 9.59 Å². The van der Waals surface area contributed by atoms with Gasteiger partial charge in [0.25, 0.3) is 0 Å². The number of nitrogens with two attached hydrogens (primary N) is 1. The molecule has 0 bridgehead atoms. The molecule has 0 spiro atoms. The van der Waals surface area contributed by atoms with Crippen LogP contribution in [0.3, 0.4) is 0 Å². The lowest BCUT2D eigenvalue weighted by atomic mass is 10.2. The van der Waals surface area contributed by atoms with Gasteiger partial charge in [-0.15, -0.1) is 0 Å². The third-order valence-corrected chi connectivity index (χ3v) is 2.56. The Hall–Kier alpha value is -1.10. The maximum absolute atomic E-state index is 11.7. The molecule has 0 saturated carbocycles. The van der Waals surface area contributed by atoms with Crippen LogP contribution in [0, 0.1) is 0 Å². The highest BCUT2D eigenvalue weighted by atomic mass is 16.2. The van der Waals surface area contributed by atoms with Crippen LogP contribution in [-0.2, 0) is 9.59 Å². The first-order valence-electron chi connectivity index (χ1n) is 5.33. The number of hydrogen-bond donors (Lipinski definition) is 1. The van der Waals surface area contributed by atoms with Crippen molar-refractivity contribution in [2.45, 2.75) is 26.3 Å². The van der Waals surface area contributed by atoms with Gasteiger partial charge in [-0.2, -0.15) is 0 Å². The average molecular weight is 213 g/mol. The number of nitrogens with zero attached hydrogens (tertiary/aromatic N) is 2. The van der Waals surface area contributed by atoms with E-state index in [1.54, 1.807) is 9.80 Å². The molecule has 15 heavy (non-hydrogen) atoms. The molecule has 1 fully saturated rings. The summed E-state index contributed by atoms with van der Waals surface area (Å²) in [4.78, 5) is 26.5. The molecule has 0 unspecified atom stereocenters. The Balaban J connectivity index is 2.55. The van der Waals surface area contributed by atoms with E-state index in [0.717, 1.165) is 6.42 Å². The predicted octanol–water partition coefficient (Wildman–Crippen LogP) is -0.586. The van der Waals surface area contributed by atoms with Gasteiger partial charge >= 0.3 is 0 Å². The van der Waals surface area contributed by atoms with Crippen molar-refractivity contribution >= 4 is 11.8 Å². The summed E-state index contributed by atoms with van der Waals surface area (Å²) >= 11 is 0. The molecule has 0 aliphatic carbocycles. The molecule has 0 atom stereocenters. The molecule has 0 aromatic rings. The van der Waals surface area contributed by atoms with E-state index in [9.17, 15) is 9.59 Å². The molecule has 1 heterocycles. The third-order valence-electron chi connectivity index (χ3n) is 2.56. The molecular weight excluding hydrogens is 194 g/mol. The van der Waals surface area contributed by atoms with Crippen LogP contribution in [0.5, 0.6) is 0 Å². The number of piperazine rings is 1. The van der Waals surface area contributed by atoms with E-state index >= 15 is 0 Å². The van der Waals surface area contributed by atoms with Crippen LogP contribution in [0.25, 0.3) is 0 Å². The zero-order chi connectivity index (χ0) is 11.4. The second-order valence-electron chi connectivity index (χ2n) is 4.07. The first-order valence-corrected chi connectivity index (χ1v) is 5.33. The lowest BCUT2D eigenvalue weighted by Crippen LogP contribution is -2.56. The molecule has 0 aromatic carbocycles. The molecule has 1 aliphatic heterocycles. The van der Waals surface area contributed by atoms with E-state index in [0.29, 0.717) is 13.1 Å². The van der Waals surface area contributed by atoms with Crippen LogP contribution in [0.2, 0.25) is 0 Å². The lowest BCUT2D eigenvalue weighted by molar-refractivity contribution is -0.151. The minimum Gasteiger partial charge on any atom is -0.332 e. The topological polar surface area (TPSA) is 66.6 Å². The number of hydrogen-bond acceptors (Lipinski definition) is 3. The molecule has 86 valence electrons. The summed E-state index contributed by atoms with van der Waals surface area (Å²) < 4.78 is 0. The highest BCUT2D eigenvalue weighted by Crippen LogP contribution is 2.08. The fraction of sp³-hybridized carbons (Fsp3) is 0.800. The molecular formula is C10H19N3O2. The normalized spacial score (nSPS) is 17.9. The molecule has 0 aromatic heterocycles. The Morgan fingerprint density at radius 1 is 1.27 bits per heavy atom. The highest BCUT2D eigenvalue weighted by molar-refractivity contribution is 5.92. The molecule has 0 radical (unpaired) electrons. The van der Waals surface area contributed by atoms with Gasteiger partial charge in [-0.3, -0.25) is 9.59 Å². The summed E-state index contributed by atoms with van der Waals surface area (Å²) in [5.74, 6) is 0.0540. The van der Waals surface area contributed by atoms with Crippen LogP contribution in [-0.4, -0.2) is 53.8 Å². The van der Waals surface area contributed by atoms with Crippen molar-refractivity contribution in [1.29, 1.82) is 0 Å². The van der Waals surface area contributed by atoms with Gasteiger partial charge in [0.2, 0.25) is 11.8 Å². The van der Waals surface area contributed by atoms with E-state index in [1.165, 1.54) is 0 Å². The molecule has 1 rings (SSSR count). The molecule has 1 aliphatic rings. The average Bonchev–Trinajstić information content (AvgIpc) is 2.18. The van der Waals surface area contributed by atoms with Gasteiger partial charge < -0.3 is 15.5 Å². The van der Waals surface area contributed by atoms with Gasteiger partial charge in [-0.1, -0.05) is 0 Å². The molecule has 5 nitrogen and oxygen atoms in total. The largest absolute Gasteiger partial charge is 0.332 e. The summed E-state index contributed by atoms with van der Waals surface area (Å²) in [6, 6.07) is 0.0955. The van der Waals surface area contributed by atoms with Gasteiger partial charge in [-0.05, 0) is 26.8 Å². The lowest BCUT2D eigenvalue weighted by Gasteiger charge is -2.36. The Kier molecular flexibility index (Phi) is 4.08.